The molecule has 3 heterocycles. The topological polar surface area (TPSA) is 25.8 Å². The summed E-state index contributed by atoms with van der Waals surface area (Å²) in [4.78, 5) is 8.56. The SMILES string of the molecule is [Y].[c-]1sccc1-c1[c-]nc(-c2ccccn2)cc1. The monoisotopic (exact) mass is 325 g/mol. The van der Waals surface area contributed by atoms with Crippen molar-refractivity contribution in [1.82, 2.24) is 9.97 Å². The van der Waals surface area contributed by atoms with Crippen LogP contribution in [0.15, 0.2) is 48.0 Å². The number of pyridine rings is 2. The average molecular weight is 325 g/mol. The van der Waals surface area contributed by atoms with Crippen molar-refractivity contribution in [3.05, 3.63) is 59.6 Å². The molecular weight excluding hydrogens is 317 g/mol. The Morgan fingerprint density at radius 2 is 1.89 bits per heavy atom. The molecule has 0 aliphatic heterocycles. The largest absolute Gasteiger partial charge is 0.361 e. The van der Waals surface area contributed by atoms with E-state index in [1.165, 1.54) is 0 Å². The Kier molecular flexibility index (Phi) is 4.75. The second kappa shape index (κ2) is 6.32. The number of thiophene rings is 1. The zero-order valence-corrected chi connectivity index (χ0v) is 13.2. The summed E-state index contributed by atoms with van der Waals surface area (Å²) in [5.41, 5.74) is 3.70. The van der Waals surface area contributed by atoms with Gasteiger partial charge in [-0.05, 0) is 12.1 Å². The van der Waals surface area contributed by atoms with E-state index in [2.05, 4.69) is 21.5 Å². The van der Waals surface area contributed by atoms with Crippen molar-refractivity contribution in [3.63, 3.8) is 0 Å². The van der Waals surface area contributed by atoms with E-state index in [9.17, 15) is 0 Å². The van der Waals surface area contributed by atoms with Gasteiger partial charge in [0.15, 0.2) is 0 Å². The molecule has 0 bridgehead atoms. The van der Waals surface area contributed by atoms with Crippen molar-refractivity contribution >= 4 is 11.3 Å². The first-order valence-corrected chi connectivity index (χ1v) is 6.07. The van der Waals surface area contributed by atoms with Crippen molar-refractivity contribution in [2.24, 2.45) is 0 Å². The van der Waals surface area contributed by atoms with Gasteiger partial charge in [-0.2, -0.15) is 6.07 Å². The summed E-state index contributed by atoms with van der Waals surface area (Å²) in [7, 11) is 0. The van der Waals surface area contributed by atoms with E-state index < -0.39 is 0 Å². The van der Waals surface area contributed by atoms with Gasteiger partial charge in [0, 0.05) is 50.3 Å². The smallest absolute Gasteiger partial charge is 0.0465 e. The molecule has 1 radical (unpaired) electrons. The van der Waals surface area contributed by atoms with Crippen molar-refractivity contribution in [2.75, 3.05) is 0 Å². The number of hydrogen-bond acceptors (Lipinski definition) is 3. The summed E-state index contributed by atoms with van der Waals surface area (Å²) in [5.74, 6) is 0. The quantitative estimate of drug-likeness (QED) is 0.674. The number of rotatable bonds is 2. The molecule has 2 nitrogen and oxygen atoms in total. The molecule has 3 aromatic heterocycles. The summed E-state index contributed by atoms with van der Waals surface area (Å²) in [6, 6.07) is 11.7. The van der Waals surface area contributed by atoms with Crippen LogP contribution < -0.4 is 0 Å². The third-order valence-corrected chi connectivity index (χ3v) is 3.00. The van der Waals surface area contributed by atoms with Gasteiger partial charge < -0.3 is 4.98 Å². The van der Waals surface area contributed by atoms with Crippen molar-refractivity contribution in [2.45, 2.75) is 0 Å². The van der Waals surface area contributed by atoms with Gasteiger partial charge in [-0.3, -0.25) is 16.3 Å². The molecule has 0 saturated carbocycles. The molecule has 0 aliphatic carbocycles. The van der Waals surface area contributed by atoms with Crippen LogP contribution in [0.1, 0.15) is 0 Å². The molecule has 4 heteroatoms. The summed E-state index contributed by atoms with van der Waals surface area (Å²) in [6.07, 6.45) is 4.78. The maximum atomic E-state index is 4.30. The molecule has 0 spiro atoms. The van der Waals surface area contributed by atoms with Crippen LogP contribution >= 0.6 is 11.3 Å². The van der Waals surface area contributed by atoms with E-state index in [-0.39, 0.29) is 32.7 Å². The maximum absolute atomic E-state index is 4.30. The summed E-state index contributed by atoms with van der Waals surface area (Å²) < 4.78 is 0. The van der Waals surface area contributed by atoms with Gasteiger partial charge in [-0.25, -0.2) is 17.2 Å². The molecule has 3 aromatic rings. The first-order valence-electron chi connectivity index (χ1n) is 5.19. The maximum Gasteiger partial charge on any atom is 0.0465 e. The molecule has 3 rings (SSSR count). The van der Waals surface area contributed by atoms with E-state index in [1.807, 2.05) is 41.8 Å². The Bertz CT molecular complexity index is 592. The fraction of sp³-hybridized carbons (Fsp3) is 0. The minimum atomic E-state index is 0. The molecule has 0 amide bonds. The fourth-order valence-electron chi connectivity index (χ4n) is 1.54. The molecule has 85 valence electrons. The molecule has 0 unspecified atom stereocenters. The molecule has 0 aromatic carbocycles. The first-order chi connectivity index (χ1) is 8.43. The third kappa shape index (κ3) is 2.92. The number of nitrogens with zero attached hydrogens (tertiary/aromatic N) is 2. The molecule has 18 heavy (non-hydrogen) atoms. The third-order valence-electron chi connectivity index (χ3n) is 2.39. The standard InChI is InChI=1S/C14H8N2S.Y/c1-2-7-15-13(3-1)14-5-4-11(9-16-14)12-6-8-17-10-12;/h1-8H;/q-2;. The minimum absolute atomic E-state index is 0. The van der Waals surface area contributed by atoms with Gasteiger partial charge in [0.2, 0.25) is 0 Å². The van der Waals surface area contributed by atoms with Crippen LogP contribution in [0.2, 0.25) is 0 Å². The van der Waals surface area contributed by atoms with Crippen LogP contribution in [0.25, 0.3) is 22.5 Å². The van der Waals surface area contributed by atoms with Crippen molar-refractivity contribution in [1.29, 1.82) is 0 Å². The second-order valence-corrected chi connectivity index (χ2v) is 4.22. The van der Waals surface area contributed by atoms with E-state index >= 15 is 0 Å². The molecule has 0 fully saturated rings. The Morgan fingerprint density at radius 3 is 2.50 bits per heavy atom. The predicted molar refractivity (Wildman–Crippen MR) is 68.5 cm³/mol. The van der Waals surface area contributed by atoms with E-state index in [0.29, 0.717) is 0 Å². The Labute approximate surface area is 135 Å². The van der Waals surface area contributed by atoms with E-state index in [1.54, 1.807) is 17.5 Å². The zero-order chi connectivity index (χ0) is 11.5. The van der Waals surface area contributed by atoms with Gasteiger partial charge in [0.05, 0.1) is 0 Å². The van der Waals surface area contributed by atoms with Crippen molar-refractivity contribution < 1.29 is 32.7 Å². The summed E-state index contributed by atoms with van der Waals surface area (Å²) >= 11 is 1.55. The van der Waals surface area contributed by atoms with Crippen LogP contribution in [0, 0.1) is 11.6 Å². The summed E-state index contributed by atoms with van der Waals surface area (Å²) in [6.45, 7) is 0. The minimum Gasteiger partial charge on any atom is -0.361 e. The Hall–Kier alpha value is -0.896. The van der Waals surface area contributed by atoms with Crippen LogP contribution in [0.5, 0.6) is 0 Å². The molecule has 0 atom stereocenters. The van der Waals surface area contributed by atoms with Crippen LogP contribution in [0.3, 0.4) is 0 Å². The number of aromatic nitrogens is 2. The van der Waals surface area contributed by atoms with Gasteiger partial charge in [-0.15, -0.1) is 16.8 Å². The zero-order valence-electron chi connectivity index (χ0n) is 9.50. The fourth-order valence-corrected chi connectivity index (χ4v) is 2.12. The normalized spacial score (nSPS) is 9.78. The van der Waals surface area contributed by atoms with Crippen LogP contribution in [-0.2, 0) is 32.7 Å². The van der Waals surface area contributed by atoms with Gasteiger partial charge >= 0.3 is 0 Å². The second-order valence-electron chi connectivity index (χ2n) is 3.51. The summed E-state index contributed by atoms with van der Waals surface area (Å²) in [5, 5.41) is 5.16. The molecular formula is C14H8N2SY-2. The van der Waals surface area contributed by atoms with Crippen molar-refractivity contribution in [3.8, 4) is 22.5 Å². The molecule has 0 saturated heterocycles. The van der Waals surface area contributed by atoms with E-state index in [0.717, 1.165) is 22.5 Å². The Balaban J connectivity index is 0.00000120. The van der Waals surface area contributed by atoms with Crippen LogP contribution in [0.4, 0.5) is 0 Å². The average Bonchev–Trinajstić information content (AvgIpc) is 2.94. The van der Waals surface area contributed by atoms with Gasteiger partial charge in [-0.1, -0.05) is 12.3 Å². The van der Waals surface area contributed by atoms with Crippen LogP contribution in [-0.4, -0.2) is 9.97 Å². The first kappa shape index (κ1) is 13.5. The molecule has 0 aliphatic rings. The number of hydrogen-bond donors (Lipinski definition) is 0. The predicted octanol–water partition coefficient (Wildman–Crippen LogP) is 3.47. The Morgan fingerprint density at radius 1 is 0.944 bits per heavy atom. The van der Waals surface area contributed by atoms with Gasteiger partial charge in [0.1, 0.15) is 0 Å². The van der Waals surface area contributed by atoms with Gasteiger partial charge in [0.25, 0.3) is 0 Å². The molecule has 0 N–H and O–H groups in total. The van der Waals surface area contributed by atoms with E-state index in [4.69, 9.17) is 0 Å².